The lowest BCUT2D eigenvalue weighted by Crippen LogP contribution is -2.40. The first-order valence-corrected chi connectivity index (χ1v) is 7.77. The summed E-state index contributed by atoms with van der Waals surface area (Å²) in [7, 11) is -3.98. The zero-order valence-corrected chi connectivity index (χ0v) is 12.3. The molecule has 0 saturated carbocycles. The third-order valence-corrected chi connectivity index (χ3v) is 3.57. The van der Waals surface area contributed by atoms with E-state index in [0.717, 1.165) is 16.8 Å². The van der Waals surface area contributed by atoms with Crippen molar-refractivity contribution in [2.75, 3.05) is 5.75 Å². The number of hydrogen-bond donors (Lipinski definition) is 1. The van der Waals surface area contributed by atoms with Gasteiger partial charge in [0.2, 0.25) is 0 Å². The van der Waals surface area contributed by atoms with Gasteiger partial charge in [-0.2, -0.15) is 8.42 Å². The first-order chi connectivity index (χ1) is 9.35. The van der Waals surface area contributed by atoms with Gasteiger partial charge in [-0.05, 0) is 23.7 Å². The van der Waals surface area contributed by atoms with E-state index in [0.29, 0.717) is 5.02 Å². The maximum absolute atomic E-state index is 10.7. The Bertz CT molecular complexity index is 717. The highest BCUT2D eigenvalue weighted by atomic mass is 35.5. The lowest BCUT2D eigenvalue weighted by molar-refractivity contribution is -0.750. The van der Waals surface area contributed by atoms with E-state index in [1.165, 1.54) is 4.68 Å². The van der Waals surface area contributed by atoms with E-state index in [9.17, 15) is 8.42 Å². The molecule has 2 aromatic rings. The highest BCUT2D eigenvalue weighted by Crippen LogP contribution is 2.21. The smallest absolute Gasteiger partial charge is 0.271 e. The van der Waals surface area contributed by atoms with Crippen molar-refractivity contribution in [2.24, 2.45) is 0 Å². The minimum atomic E-state index is -3.98. The molecule has 0 atom stereocenters. The van der Waals surface area contributed by atoms with E-state index < -0.39 is 10.1 Å². The molecule has 2 rings (SSSR count). The van der Waals surface area contributed by atoms with Gasteiger partial charge < -0.3 is 0 Å². The van der Waals surface area contributed by atoms with Crippen LogP contribution in [0.25, 0.3) is 11.3 Å². The zero-order valence-electron chi connectivity index (χ0n) is 10.7. The summed E-state index contributed by atoms with van der Waals surface area (Å²) in [6, 6.07) is 3.59. The highest BCUT2D eigenvalue weighted by molar-refractivity contribution is 7.85. The second-order valence-corrected chi connectivity index (χ2v) is 6.29. The molecule has 0 unspecified atom stereocenters. The summed E-state index contributed by atoms with van der Waals surface area (Å²) in [5, 5.41) is 4.66. The largest absolute Gasteiger partial charge is 0.285 e. The van der Waals surface area contributed by atoms with Crippen molar-refractivity contribution in [3.8, 4) is 11.3 Å². The van der Waals surface area contributed by atoms with Gasteiger partial charge in [-0.3, -0.25) is 9.54 Å². The summed E-state index contributed by atoms with van der Waals surface area (Å²) >= 11 is 5.85. The normalized spacial score (nSPS) is 11.6. The topological polar surface area (TPSA) is 84.0 Å². The van der Waals surface area contributed by atoms with Crippen LogP contribution < -0.4 is 4.68 Å². The molecule has 0 spiro atoms. The summed E-state index contributed by atoms with van der Waals surface area (Å²) in [6.45, 7) is 1.99. The van der Waals surface area contributed by atoms with Gasteiger partial charge in [0.25, 0.3) is 10.1 Å². The Morgan fingerprint density at radius 2 is 2.15 bits per heavy atom. The van der Waals surface area contributed by atoms with Gasteiger partial charge in [0, 0.05) is 17.8 Å². The predicted molar refractivity (Wildman–Crippen MR) is 73.8 cm³/mol. The number of aromatic nitrogens is 3. The van der Waals surface area contributed by atoms with Gasteiger partial charge in [0.1, 0.15) is 11.9 Å². The van der Waals surface area contributed by atoms with Gasteiger partial charge >= 0.3 is 0 Å². The van der Waals surface area contributed by atoms with Crippen LogP contribution in [0.5, 0.6) is 0 Å². The van der Waals surface area contributed by atoms with Crippen LogP contribution in [-0.2, 0) is 16.7 Å². The van der Waals surface area contributed by atoms with Crippen LogP contribution >= 0.6 is 11.6 Å². The Kier molecular flexibility index (Phi) is 4.32. The molecule has 0 fully saturated rings. The summed E-state index contributed by atoms with van der Waals surface area (Å²) in [5.41, 5.74) is 2.50. The average molecular weight is 315 g/mol. The lowest BCUT2D eigenvalue weighted by atomic mass is 10.1. The monoisotopic (exact) mass is 314 g/mol. The average Bonchev–Trinajstić information content (AvgIpc) is 2.36. The summed E-state index contributed by atoms with van der Waals surface area (Å²) < 4.78 is 31.4. The maximum Gasteiger partial charge on any atom is 0.271 e. The van der Waals surface area contributed by atoms with E-state index >= 15 is 0 Å². The first kappa shape index (κ1) is 14.8. The van der Waals surface area contributed by atoms with Crippen molar-refractivity contribution in [1.29, 1.82) is 0 Å². The van der Waals surface area contributed by atoms with E-state index in [-0.39, 0.29) is 12.3 Å². The molecule has 0 aliphatic carbocycles. The fourth-order valence-corrected chi connectivity index (χ4v) is 2.34. The minimum Gasteiger partial charge on any atom is -0.285 e. The molecule has 1 N–H and O–H groups in total. The number of rotatable bonds is 4. The van der Waals surface area contributed by atoms with E-state index in [1.807, 2.05) is 13.0 Å². The van der Waals surface area contributed by atoms with Crippen molar-refractivity contribution in [2.45, 2.75) is 13.5 Å². The second kappa shape index (κ2) is 5.82. The molecule has 0 radical (unpaired) electrons. The summed E-state index contributed by atoms with van der Waals surface area (Å²) in [6.07, 6.45) is 4.78. The molecule has 0 aliphatic rings. The fourth-order valence-electron chi connectivity index (χ4n) is 1.71. The standard InChI is InChI=1S/C12H12ClN3O3S/c1-9-6-11(13)8-14-12(9)10-2-3-16(15-7-10)4-5-20(17,18)19/h2-3,6-8H,4-5H2,1H3/p+1. The molecule has 0 bridgehead atoms. The molecule has 2 aromatic heterocycles. The number of aryl methyl sites for hydroxylation is 2. The maximum atomic E-state index is 10.7. The van der Waals surface area contributed by atoms with Crippen molar-refractivity contribution >= 4 is 21.7 Å². The van der Waals surface area contributed by atoms with Gasteiger partial charge in [-0.25, -0.2) is 0 Å². The molecule has 0 amide bonds. The summed E-state index contributed by atoms with van der Waals surface area (Å²) in [4.78, 5) is 4.25. The number of halogens is 1. The molecule has 2 heterocycles. The van der Waals surface area contributed by atoms with Gasteiger partial charge in [0.05, 0.1) is 10.7 Å². The van der Waals surface area contributed by atoms with Crippen LogP contribution in [0, 0.1) is 6.92 Å². The van der Waals surface area contributed by atoms with Crippen molar-refractivity contribution in [3.05, 3.63) is 41.3 Å². The van der Waals surface area contributed by atoms with Crippen LogP contribution in [0.2, 0.25) is 5.02 Å². The van der Waals surface area contributed by atoms with Gasteiger partial charge in [-0.1, -0.05) is 16.3 Å². The molecular weight excluding hydrogens is 302 g/mol. The summed E-state index contributed by atoms with van der Waals surface area (Å²) in [5.74, 6) is -0.373. The number of hydrogen-bond acceptors (Lipinski definition) is 4. The number of nitrogens with zero attached hydrogens (tertiary/aromatic N) is 3. The number of pyridine rings is 1. The van der Waals surface area contributed by atoms with E-state index in [2.05, 4.69) is 10.1 Å². The Labute approximate surface area is 121 Å². The second-order valence-electron chi connectivity index (χ2n) is 4.28. The SMILES string of the molecule is Cc1cc(Cl)cnc1-c1cc[n+](CCS(=O)(=O)O)nc1. The molecule has 0 aromatic carbocycles. The molecule has 0 saturated heterocycles. The van der Waals surface area contributed by atoms with Crippen LogP contribution in [0.4, 0.5) is 0 Å². The quantitative estimate of drug-likeness (QED) is 0.679. The Morgan fingerprint density at radius 3 is 2.70 bits per heavy atom. The van der Waals surface area contributed by atoms with Crippen LogP contribution in [0.15, 0.2) is 30.7 Å². The van der Waals surface area contributed by atoms with Crippen LogP contribution in [-0.4, -0.2) is 28.8 Å². The highest BCUT2D eigenvalue weighted by Gasteiger charge is 2.12. The Balaban J connectivity index is 2.19. The fraction of sp³-hybridized carbons (Fsp3) is 0.250. The Morgan fingerprint density at radius 1 is 1.40 bits per heavy atom. The third-order valence-electron chi connectivity index (χ3n) is 2.67. The molecular formula is C12H13ClN3O3S+. The molecule has 6 nitrogen and oxygen atoms in total. The molecule has 106 valence electrons. The first-order valence-electron chi connectivity index (χ1n) is 5.78. The van der Waals surface area contributed by atoms with Gasteiger partial charge in [0.15, 0.2) is 12.7 Å². The molecule has 8 heteroatoms. The zero-order chi connectivity index (χ0) is 14.8. The van der Waals surface area contributed by atoms with Crippen molar-refractivity contribution in [3.63, 3.8) is 0 Å². The van der Waals surface area contributed by atoms with Crippen molar-refractivity contribution in [1.82, 2.24) is 10.1 Å². The lowest BCUT2D eigenvalue weighted by Gasteiger charge is -2.03. The van der Waals surface area contributed by atoms with Gasteiger partial charge in [-0.15, -0.1) is 0 Å². The molecule has 20 heavy (non-hydrogen) atoms. The van der Waals surface area contributed by atoms with Crippen LogP contribution in [0.1, 0.15) is 5.56 Å². The molecule has 0 aliphatic heterocycles. The van der Waals surface area contributed by atoms with E-state index in [1.54, 1.807) is 24.7 Å². The van der Waals surface area contributed by atoms with Crippen LogP contribution in [0.3, 0.4) is 0 Å². The third kappa shape index (κ3) is 3.96. The Hall–Kier alpha value is -1.57. The predicted octanol–water partition coefficient (Wildman–Crippen LogP) is 1.28. The van der Waals surface area contributed by atoms with E-state index in [4.69, 9.17) is 16.2 Å². The van der Waals surface area contributed by atoms with Crippen molar-refractivity contribution < 1.29 is 17.7 Å². The minimum absolute atomic E-state index is 0.0894.